The summed E-state index contributed by atoms with van der Waals surface area (Å²) in [5, 5.41) is 5.45. The lowest BCUT2D eigenvalue weighted by Crippen LogP contribution is -2.27. The first-order valence-corrected chi connectivity index (χ1v) is 16.2. The van der Waals surface area contributed by atoms with Gasteiger partial charge in [-0.15, -0.1) is 0 Å². The molecule has 5 atom stereocenters. The second-order valence-electron chi connectivity index (χ2n) is 9.62. The smallest absolute Gasteiger partial charge is 0.224 e. The number of nitrogens with two attached hydrogens (primary N) is 4. The Kier molecular flexibility index (Phi) is 54.6. The summed E-state index contributed by atoms with van der Waals surface area (Å²) in [5.74, 6) is -4.52. The van der Waals surface area contributed by atoms with Gasteiger partial charge in [-0.3, -0.25) is 28.8 Å². The fraction of sp³-hybridized carbons (Fsp3) is 0.778. The Morgan fingerprint density at radius 2 is 0.894 bits per heavy atom. The Labute approximate surface area is 308 Å². The van der Waals surface area contributed by atoms with E-state index in [2.05, 4.69) is 11.1 Å². The van der Waals surface area contributed by atoms with Crippen molar-refractivity contribution in [2.24, 2.45) is 52.5 Å². The highest BCUT2D eigenvalue weighted by atomic mass is 35.5. The molecule has 0 aromatic carbocycles. The van der Waals surface area contributed by atoms with E-state index in [-0.39, 0.29) is 50.2 Å². The van der Waals surface area contributed by atoms with E-state index in [4.69, 9.17) is 91.9 Å². The van der Waals surface area contributed by atoms with E-state index in [1.165, 1.54) is 14.0 Å². The molecule has 15 N–H and O–H groups in total. The van der Waals surface area contributed by atoms with Crippen molar-refractivity contribution in [2.75, 3.05) is 40.3 Å². The summed E-state index contributed by atoms with van der Waals surface area (Å²) in [6.45, 7) is 8.52. The topological polar surface area (TPSA) is 305 Å². The molecular weight excluding hydrogens is 749 g/mol. The van der Waals surface area contributed by atoms with Crippen molar-refractivity contribution < 1.29 is 39.3 Å². The van der Waals surface area contributed by atoms with Gasteiger partial charge in [-0.05, 0) is 115 Å². The van der Waals surface area contributed by atoms with Crippen LogP contribution < -0.4 is 34.4 Å². The fourth-order valence-corrected chi connectivity index (χ4v) is 4.27. The van der Waals surface area contributed by atoms with Crippen LogP contribution in [0.3, 0.4) is 0 Å². The van der Waals surface area contributed by atoms with E-state index >= 15 is 0 Å². The standard InChI is InChI=1S/C18H20Cl6O6.C4H13N3.C3H9N.CH5N.CH4O.H3N.H2O/c1-8(14(20)26)4-10(16(22)28)6-12(18(24)30)7-11(17(23)29)5-9(15(21)27)2-3-13(19)25;5-1-3-7-4-2-6;1-3(2)4;2*1-2;;/h8-12H,2-7H2,1H3;7H,1-6H2;3H,4H2,1-2H3;2H2,1H3;2H,1H3;1H3;1H2. The zero-order valence-corrected chi connectivity index (χ0v) is 32.3. The summed E-state index contributed by atoms with van der Waals surface area (Å²) in [5.41, 5.74) is 19.9. The summed E-state index contributed by atoms with van der Waals surface area (Å²) in [4.78, 5) is 69.4. The molecule has 14 nitrogen and oxygen atoms in total. The van der Waals surface area contributed by atoms with Gasteiger partial charge in [-0.2, -0.15) is 0 Å². The highest BCUT2D eigenvalue weighted by Crippen LogP contribution is 2.33. The number of carbonyl (C=O) groups excluding carboxylic acids is 6. The molecule has 0 rings (SSSR count). The number of rotatable bonds is 20. The maximum absolute atomic E-state index is 11.9. The number of aliphatic hydroxyl groups excluding tert-OH is 1. The molecule has 47 heavy (non-hydrogen) atoms. The minimum Gasteiger partial charge on any atom is -0.412 e. The first kappa shape index (κ1) is 61.6. The molecule has 0 aliphatic carbocycles. The maximum atomic E-state index is 11.9. The molecule has 0 saturated carbocycles. The highest BCUT2D eigenvalue weighted by Gasteiger charge is 2.33. The van der Waals surface area contributed by atoms with E-state index < -0.39 is 61.0 Å². The van der Waals surface area contributed by atoms with Crippen LogP contribution in [0.25, 0.3) is 0 Å². The molecule has 0 fully saturated rings. The van der Waals surface area contributed by atoms with E-state index in [1.807, 2.05) is 13.8 Å². The third kappa shape index (κ3) is 43.4. The molecule has 0 aliphatic heterocycles. The largest absolute Gasteiger partial charge is 0.412 e. The molecule has 0 amide bonds. The zero-order chi connectivity index (χ0) is 36.7. The number of aliphatic hydroxyl groups is 1. The molecule has 0 heterocycles. The Morgan fingerprint density at radius 1 is 0.617 bits per heavy atom. The van der Waals surface area contributed by atoms with Crippen LogP contribution in [0.5, 0.6) is 0 Å². The van der Waals surface area contributed by atoms with Crippen molar-refractivity contribution in [1.82, 2.24) is 11.5 Å². The average molecular weight is 805 g/mol. The quantitative estimate of drug-likeness (QED) is 0.0688. The summed E-state index contributed by atoms with van der Waals surface area (Å²) >= 11 is 33.1. The Bertz CT molecular complexity index is 828. The molecule has 0 radical (unpaired) electrons. The second-order valence-corrected chi connectivity index (χ2v) is 11.9. The Balaban J connectivity index is -0.000000158. The van der Waals surface area contributed by atoms with Crippen LogP contribution in [0, 0.1) is 29.6 Å². The minimum absolute atomic E-state index is 0. The summed E-state index contributed by atoms with van der Waals surface area (Å²) < 4.78 is 0. The van der Waals surface area contributed by atoms with Crippen molar-refractivity contribution in [3.05, 3.63) is 0 Å². The van der Waals surface area contributed by atoms with Crippen LogP contribution in [0.2, 0.25) is 0 Å². The monoisotopic (exact) mass is 802 g/mol. The molecule has 0 spiro atoms. The Hall–Kier alpha value is -0.560. The highest BCUT2D eigenvalue weighted by molar-refractivity contribution is 6.66. The molecule has 5 unspecified atom stereocenters. The van der Waals surface area contributed by atoms with Gasteiger partial charge in [0.15, 0.2) is 0 Å². The van der Waals surface area contributed by atoms with Gasteiger partial charge in [0.25, 0.3) is 0 Å². The van der Waals surface area contributed by atoms with Crippen molar-refractivity contribution in [3.63, 3.8) is 0 Å². The number of hydrogen-bond donors (Lipinski definition) is 7. The van der Waals surface area contributed by atoms with Crippen molar-refractivity contribution >= 4 is 101 Å². The first-order chi connectivity index (χ1) is 20.9. The lowest BCUT2D eigenvalue weighted by Gasteiger charge is -2.24. The minimum atomic E-state index is -1.01. The molecule has 0 bridgehead atoms. The van der Waals surface area contributed by atoms with E-state index in [9.17, 15) is 28.8 Å². The summed E-state index contributed by atoms with van der Waals surface area (Å²) in [6.07, 6.45) is -0.595. The fourth-order valence-electron chi connectivity index (χ4n) is 3.34. The van der Waals surface area contributed by atoms with Gasteiger partial charge in [0.2, 0.25) is 31.5 Å². The van der Waals surface area contributed by atoms with Crippen LogP contribution in [0.15, 0.2) is 0 Å². The lowest BCUT2D eigenvalue weighted by atomic mass is 9.82. The molecule has 0 saturated heterocycles. The van der Waals surface area contributed by atoms with Gasteiger partial charge >= 0.3 is 0 Å². The maximum Gasteiger partial charge on any atom is 0.224 e. The molecule has 284 valence electrons. The number of nitrogens with one attached hydrogen (secondary N) is 1. The lowest BCUT2D eigenvalue weighted by molar-refractivity contribution is -0.120. The van der Waals surface area contributed by atoms with Crippen LogP contribution >= 0.6 is 69.6 Å². The molecule has 0 aromatic rings. The average Bonchev–Trinajstić information content (AvgIpc) is 2.95. The van der Waals surface area contributed by atoms with Crippen LogP contribution in [-0.2, 0) is 28.8 Å². The van der Waals surface area contributed by atoms with Crippen LogP contribution in [0.1, 0.15) is 59.3 Å². The van der Waals surface area contributed by atoms with Crippen LogP contribution in [-0.4, -0.2) is 88.4 Å². The predicted octanol–water partition coefficient (Wildman–Crippen LogP) is 2.39. The third-order valence-electron chi connectivity index (χ3n) is 5.35. The second kappa shape index (κ2) is 41.6. The zero-order valence-electron chi connectivity index (χ0n) is 27.7. The first-order valence-electron chi connectivity index (χ1n) is 13.9. The third-order valence-corrected chi connectivity index (χ3v) is 7.14. The van der Waals surface area contributed by atoms with E-state index in [1.54, 1.807) is 0 Å². The van der Waals surface area contributed by atoms with Gasteiger partial charge in [0, 0.05) is 69.3 Å². The molecule has 0 aliphatic rings. The number of halogens is 6. The normalized spacial score (nSPS) is 12.7. The Morgan fingerprint density at radius 3 is 1.13 bits per heavy atom. The number of carbonyl (C=O) groups is 6. The molecular formula is C27H56Cl6N6O8. The molecule has 0 aromatic heterocycles. The van der Waals surface area contributed by atoms with Gasteiger partial charge in [0.1, 0.15) is 0 Å². The van der Waals surface area contributed by atoms with Gasteiger partial charge < -0.3 is 45.0 Å². The van der Waals surface area contributed by atoms with E-state index in [0.29, 0.717) is 19.1 Å². The van der Waals surface area contributed by atoms with E-state index in [0.717, 1.165) is 20.2 Å². The van der Waals surface area contributed by atoms with Gasteiger partial charge in [-0.1, -0.05) is 20.8 Å². The van der Waals surface area contributed by atoms with Crippen molar-refractivity contribution in [3.8, 4) is 0 Å². The molecule has 20 heteroatoms. The van der Waals surface area contributed by atoms with Crippen molar-refractivity contribution in [1.29, 1.82) is 0 Å². The van der Waals surface area contributed by atoms with Gasteiger partial charge in [0.05, 0.1) is 0 Å². The van der Waals surface area contributed by atoms with Gasteiger partial charge in [-0.25, -0.2) is 0 Å². The number of hydrogen-bond acceptors (Lipinski definition) is 13. The summed E-state index contributed by atoms with van der Waals surface area (Å²) in [7, 11) is 2.50. The SMILES string of the molecule is CC(C)N.CC(CC(CC(CC(CC(CCC(=O)Cl)C(=O)Cl)C(=O)Cl)C(=O)Cl)C(=O)Cl)C(=O)Cl.CN.CO.N.NCCNCCN.O. The van der Waals surface area contributed by atoms with Crippen LogP contribution in [0.4, 0.5) is 0 Å². The summed E-state index contributed by atoms with van der Waals surface area (Å²) in [6, 6.07) is 0.333. The van der Waals surface area contributed by atoms with Crippen molar-refractivity contribution in [2.45, 2.75) is 65.3 Å². The predicted molar refractivity (Wildman–Crippen MR) is 193 cm³/mol.